The maximum Gasteiger partial charge on any atom is 0.100 e. The van der Waals surface area contributed by atoms with Gasteiger partial charge in [0.05, 0.1) is 25.9 Å². The minimum absolute atomic E-state index is 0.0134. The van der Waals surface area contributed by atoms with Gasteiger partial charge in [-0.2, -0.15) is 0 Å². The highest BCUT2D eigenvalue weighted by molar-refractivity contribution is 5.25. The highest BCUT2D eigenvalue weighted by Gasteiger charge is 2.23. The summed E-state index contributed by atoms with van der Waals surface area (Å²) >= 11 is 0. The molecule has 0 saturated carbocycles. The smallest absolute Gasteiger partial charge is 0.100 e. The van der Waals surface area contributed by atoms with Gasteiger partial charge >= 0.3 is 0 Å². The van der Waals surface area contributed by atoms with E-state index in [0.717, 1.165) is 5.56 Å². The van der Waals surface area contributed by atoms with Crippen molar-refractivity contribution in [3.63, 3.8) is 0 Å². The number of rotatable bonds is 2. The Bertz CT molecular complexity index is 321. The molecule has 0 aliphatic carbocycles. The van der Waals surface area contributed by atoms with Crippen LogP contribution in [0.3, 0.4) is 0 Å². The summed E-state index contributed by atoms with van der Waals surface area (Å²) in [5, 5.41) is 0. The van der Waals surface area contributed by atoms with E-state index in [-0.39, 0.29) is 12.1 Å². The Balaban J connectivity index is 2.08. The molecule has 3 nitrogen and oxygen atoms in total. The first-order chi connectivity index (χ1) is 7.27. The first kappa shape index (κ1) is 10.6. The van der Waals surface area contributed by atoms with Gasteiger partial charge in [0.25, 0.3) is 0 Å². The number of hydrogen-bond donors (Lipinski definition) is 1. The lowest BCUT2D eigenvalue weighted by atomic mass is 10.0. The monoisotopic (exact) mass is 207 g/mol. The Morgan fingerprint density at radius 3 is 2.93 bits per heavy atom. The molecule has 1 fully saturated rings. The fraction of sp³-hybridized carbons (Fsp3) is 0.500. The number of hydrogen-bond acceptors (Lipinski definition) is 3. The van der Waals surface area contributed by atoms with Crippen molar-refractivity contribution in [1.82, 2.24) is 0 Å². The lowest BCUT2D eigenvalue weighted by Crippen LogP contribution is -2.37. The van der Waals surface area contributed by atoms with Crippen LogP contribution in [0, 0.1) is 6.92 Å². The lowest BCUT2D eigenvalue weighted by Gasteiger charge is -2.28. The minimum atomic E-state index is -0.0924. The molecule has 15 heavy (non-hydrogen) atoms. The van der Waals surface area contributed by atoms with Crippen LogP contribution in [-0.4, -0.2) is 25.9 Å². The maximum absolute atomic E-state index is 6.13. The topological polar surface area (TPSA) is 44.5 Å². The lowest BCUT2D eigenvalue weighted by molar-refractivity contribution is -0.0975. The minimum Gasteiger partial charge on any atom is -0.376 e. The van der Waals surface area contributed by atoms with Crippen LogP contribution >= 0.6 is 0 Å². The van der Waals surface area contributed by atoms with Crippen LogP contribution in [0.4, 0.5) is 0 Å². The molecule has 0 aromatic heterocycles. The third-order valence-corrected chi connectivity index (χ3v) is 2.67. The fourth-order valence-corrected chi connectivity index (χ4v) is 1.81. The highest BCUT2D eigenvalue weighted by Crippen LogP contribution is 2.19. The Morgan fingerprint density at radius 1 is 1.40 bits per heavy atom. The zero-order valence-corrected chi connectivity index (χ0v) is 8.98. The van der Waals surface area contributed by atoms with Crippen LogP contribution in [0.15, 0.2) is 24.3 Å². The van der Waals surface area contributed by atoms with Gasteiger partial charge in [0.1, 0.15) is 6.10 Å². The Kier molecular flexibility index (Phi) is 3.36. The molecule has 1 saturated heterocycles. The number of ether oxygens (including phenoxy) is 2. The first-order valence-electron chi connectivity index (χ1n) is 5.29. The molecule has 1 aromatic carbocycles. The molecule has 0 bridgehead atoms. The largest absolute Gasteiger partial charge is 0.376 e. The van der Waals surface area contributed by atoms with Crippen LogP contribution in [0.2, 0.25) is 0 Å². The van der Waals surface area contributed by atoms with Crippen molar-refractivity contribution < 1.29 is 9.47 Å². The van der Waals surface area contributed by atoms with Crippen LogP contribution in [0.1, 0.15) is 17.2 Å². The molecule has 3 heteroatoms. The predicted octanol–water partition coefficient (Wildman–Crippen LogP) is 1.41. The molecule has 2 N–H and O–H groups in total. The zero-order valence-electron chi connectivity index (χ0n) is 8.98. The van der Waals surface area contributed by atoms with E-state index in [9.17, 15) is 0 Å². The van der Waals surface area contributed by atoms with Crippen molar-refractivity contribution in [2.75, 3.05) is 19.8 Å². The molecule has 1 aliphatic heterocycles. The van der Waals surface area contributed by atoms with Gasteiger partial charge in [0, 0.05) is 0 Å². The Hall–Kier alpha value is -0.900. The van der Waals surface area contributed by atoms with Gasteiger partial charge in [0.15, 0.2) is 0 Å². The van der Waals surface area contributed by atoms with Gasteiger partial charge < -0.3 is 15.2 Å². The standard InChI is InChI=1S/C12H17NO2/c1-9-3-2-4-10(7-9)12(13)11-8-14-5-6-15-11/h2-4,7,11-12H,5-6,8,13H2,1H3. The molecule has 2 unspecified atom stereocenters. The van der Waals surface area contributed by atoms with Gasteiger partial charge in [-0.1, -0.05) is 29.8 Å². The molecule has 1 aliphatic rings. The van der Waals surface area contributed by atoms with Crippen LogP contribution in [0.25, 0.3) is 0 Å². The van der Waals surface area contributed by atoms with E-state index in [0.29, 0.717) is 19.8 Å². The van der Waals surface area contributed by atoms with Gasteiger partial charge in [-0.3, -0.25) is 0 Å². The molecule has 1 aromatic rings. The van der Waals surface area contributed by atoms with Gasteiger partial charge in [-0.25, -0.2) is 0 Å². The summed E-state index contributed by atoms with van der Waals surface area (Å²) in [7, 11) is 0. The number of benzene rings is 1. The summed E-state index contributed by atoms with van der Waals surface area (Å²) in [5.41, 5.74) is 8.47. The quantitative estimate of drug-likeness (QED) is 0.797. The van der Waals surface area contributed by atoms with Crippen LogP contribution in [0.5, 0.6) is 0 Å². The van der Waals surface area contributed by atoms with Crippen LogP contribution < -0.4 is 5.73 Å². The second kappa shape index (κ2) is 4.75. The molecule has 0 spiro atoms. The van der Waals surface area contributed by atoms with E-state index >= 15 is 0 Å². The number of aryl methyl sites for hydroxylation is 1. The average Bonchev–Trinajstić information content (AvgIpc) is 2.29. The van der Waals surface area contributed by atoms with Crippen molar-refractivity contribution >= 4 is 0 Å². The summed E-state index contributed by atoms with van der Waals surface area (Å²) in [5.74, 6) is 0. The van der Waals surface area contributed by atoms with Gasteiger partial charge in [0.2, 0.25) is 0 Å². The van der Waals surface area contributed by atoms with E-state index in [1.54, 1.807) is 0 Å². The predicted molar refractivity (Wildman–Crippen MR) is 58.7 cm³/mol. The van der Waals surface area contributed by atoms with Crippen molar-refractivity contribution in [3.05, 3.63) is 35.4 Å². The van der Waals surface area contributed by atoms with E-state index in [4.69, 9.17) is 15.2 Å². The summed E-state index contributed by atoms with van der Waals surface area (Å²) in [6, 6.07) is 8.13. The summed E-state index contributed by atoms with van der Waals surface area (Å²) in [4.78, 5) is 0. The second-order valence-corrected chi connectivity index (χ2v) is 3.92. The molecule has 82 valence electrons. The normalized spacial score (nSPS) is 23.7. The van der Waals surface area contributed by atoms with Crippen LogP contribution in [-0.2, 0) is 9.47 Å². The molecular weight excluding hydrogens is 190 g/mol. The molecule has 2 atom stereocenters. The molecule has 1 heterocycles. The highest BCUT2D eigenvalue weighted by atomic mass is 16.6. The molecule has 0 amide bonds. The SMILES string of the molecule is Cc1cccc(C(N)C2COCCO2)c1. The van der Waals surface area contributed by atoms with Gasteiger partial charge in [-0.05, 0) is 12.5 Å². The van der Waals surface area contributed by atoms with Crippen molar-refractivity contribution in [2.24, 2.45) is 5.73 Å². The summed E-state index contributed by atoms with van der Waals surface area (Å²) in [6.45, 7) is 3.98. The Labute approximate surface area is 90.2 Å². The van der Waals surface area contributed by atoms with Crippen molar-refractivity contribution in [2.45, 2.75) is 19.1 Å². The fourth-order valence-electron chi connectivity index (χ4n) is 1.81. The molecular formula is C12H17NO2. The zero-order chi connectivity index (χ0) is 10.7. The average molecular weight is 207 g/mol. The summed E-state index contributed by atoms with van der Waals surface area (Å²) < 4.78 is 10.9. The maximum atomic E-state index is 6.13. The third-order valence-electron chi connectivity index (χ3n) is 2.67. The van der Waals surface area contributed by atoms with E-state index < -0.39 is 0 Å². The van der Waals surface area contributed by atoms with Crippen molar-refractivity contribution in [3.8, 4) is 0 Å². The third kappa shape index (κ3) is 2.56. The first-order valence-corrected chi connectivity index (χ1v) is 5.29. The van der Waals surface area contributed by atoms with E-state index in [1.807, 2.05) is 12.1 Å². The number of nitrogens with two attached hydrogens (primary N) is 1. The van der Waals surface area contributed by atoms with Gasteiger partial charge in [-0.15, -0.1) is 0 Å². The summed E-state index contributed by atoms with van der Waals surface area (Å²) in [6.07, 6.45) is -0.0134. The van der Waals surface area contributed by atoms with E-state index in [1.165, 1.54) is 5.56 Å². The second-order valence-electron chi connectivity index (χ2n) is 3.92. The van der Waals surface area contributed by atoms with E-state index in [2.05, 4.69) is 19.1 Å². The molecule has 0 radical (unpaired) electrons. The van der Waals surface area contributed by atoms with Crippen molar-refractivity contribution in [1.29, 1.82) is 0 Å². The Morgan fingerprint density at radius 2 is 2.27 bits per heavy atom. The molecule has 2 rings (SSSR count).